The second-order valence-electron chi connectivity index (χ2n) is 4.45. The van der Waals surface area contributed by atoms with Crippen molar-refractivity contribution >= 4 is 11.6 Å². The highest BCUT2D eigenvalue weighted by atomic mass is 19.1. The summed E-state index contributed by atoms with van der Waals surface area (Å²) in [7, 11) is 0. The maximum absolute atomic E-state index is 13.2. The Hall–Kier alpha value is -2.64. The first-order chi connectivity index (χ1) is 10.1. The van der Waals surface area contributed by atoms with E-state index < -0.39 is 5.82 Å². The van der Waals surface area contributed by atoms with Crippen LogP contribution in [0.4, 0.5) is 10.1 Å². The lowest BCUT2D eigenvalue weighted by Crippen LogP contribution is -2.13. The summed E-state index contributed by atoms with van der Waals surface area (Å²) < 4.78 is 13.2. The van der Waals surface area contributed by atoms with Gasteiger partial charge in [0.05, 0.1) is 0 Å². The molecule has 0 fully saturated rings. The van der Waals surface area contributed by atoms with E-state index in [1.807, 2.05) is 0 Å². The third kappa shape index (κ3) is 3.91. The first kappa shape index (κ1) is 14.8. The summed E-state index contributed by atoms with van der Waals surface area (Å²) in [4.78, 5) is 12.2. The van der Waals surface area contributed by atoms with Gasteiger partial charge in [-0.2, -0.15) is 0 Å². The highest BCUT2D eigenvalue weighted by molar-refractivity contribution is 6.05. The molecular formula is C17H14FNO2. The molecule has 0 spiro atoms. The Morgan fingerprint density at radius 1 is 1.29 bits per heavy atom. The fourth-order valence-electron chi connectivity index (χ4n) is 1.85. The van der Waals surface area contributed by atoms with Gasteiger partial charge in [-0.25, -0.2) is 4.39 Å². The standard InChI is InChI=1S/C17H14FNO2/c1-12-7-8-14(18)11-16(12)17(21)19-15-6-2-4-13(10-15)5-3-9-20/h2,4,6-8,10-11,20H,9H2,1H3,(H,19,21). The van der Waals surface area contributed by atoms with Crippen molar-refractivity contribution in [2.45, 2.75) is 6.92 Å². The molecule has 0 saturated heterocycles. The van der Waals surface area contributed by atoms with Crippen LogP contribution in [0.2, 0.25) is 0 Å². The molecule has 0 aliphatic heterocycles. The van der Waals surface area contributed by atoms with Crippen molar-refractivity contribution in [1.29, 1.82) is 0 Å². The molecule has 106 valence electrons. The molecule has 2 rings (SSSR count). The van der Waals surface area contributed by atoms with Crippen molar-refractivity contribution in [1.82, 2.24) is 0 Å². The Morgan fingerprint density at radius 2 is 2.10 bits per heavy atom. The van der Waals surface area contributed by atoms with Gasteiger partial charge in [-0.3, -0.25) is 4.79 Å². The van der Waals surface area contributed by atoms with Crippen LogP contribution in [0.25, 0.3) is 0 Å². The zero-order valence-electron chi connectivity index (χ0n) is 11.5. The minimum Gasteiger partial charge on any atom is -0.384 e. The summed E-state index contributed by atoms with van der Waals surface area (Å²) in [5.74, 6) is 4.47. The molecule has 3 nitrogen and oxygen atoms in total. The average Bonchev–Trinajstić information content (AvgIpc) is 2.48. The Balaban J connectivity index is 2.21. The zero-order chi connectivity index (χ0) is 15.2. The number of nitrogens with one attached hydrogen (secondary N) is 1. The van der Waals surface area contributed by atoms with Crippen molar-refractivity contribution in [2.24, 2.45) is 0 Å². The monoisotopic (exact) mass is 283 g/mol. The van der Waals surface area contributed by atoms with Gasteiger partial charge in [-0.15, -0.1) is 0 Å². The Labute approximate surface area is 122 Å². The van der Waals surface area contributed by atoms with E-state index >= 15 is 0 Å². The first-order valence-corrected chi connectivity index (χ1v) is 6.37. The number of rotatable bonds is 2. The molecule has 0 radical (unpaired) electrons. The Bertz CT molecular complexity index is 729. The summed E-state index contributed by atoms with van der Waals surface area (Å²) in [6.45, 7) is 1.52. The molecule has 2 N–H and O–H groups in total. The molecule has 21 heavy (non-hydrogen) atoms. The lowest BCUT2D eigenvalue weighted by Gasteiger charge is -2.08. The van der Waals surface area contributed by atoms with Crippen molar-refractivity contribution < 1.29 is 14.3 Å². The highest BCUT2D eigenvalue weighted by Crippen LogP contribution is 2.15. The van der Waals surface area contributed by atoms with Crippen LogP contribution < -0.4 is 5.32 Å². The molecule has 0 heterocycles. The van der Waals surface area contributed by atoms with Gasteiger partial charge < -0.3 is 10.4 Å². The number of aryl methyl sites for hydroxylation is 1. The van der Waals surface area contributed by atoms with E-state index in [-0.39, 0.29) is 12.5 Å². The van der Waals surface area contributed by atoms with Gasteiger partial charge in [0.25, 0.3) is 5.91 Å². The van der Waals surface area contributed by atoms with Crippen molar-refractivity contribution in [3.63, 3.8) is 0 Å². The summed E-state index contributed by atoms with van der Waals surface area (Å²) in [5, 5.41) is 11.4. The third-order valence-electron chi connectivity index (χ3n) is 2.88. The van der Waals surface area contributed by atoms with Crippen LogP contribution in [-0.2, 0) is 0 Å². The average molecular weight is 283 g/mol. The van der Waals surface area contributed by atoms with Crippen LogP contribution in [0, 0.1) is 24.6 Å². The maximum atomic E-state index is 13.2. The van der Waals surface area contributed by atoms with E-state index in [1.54, 1.807) is 37.3 Å². The number of benzene rings is 2. The second kappa shape index (κ2) is 6.69. The maximum Gasteiger partial charge on any atom is 0.256 e. The smallest absolute Gasteiger partial charge is 0.256 e. The number of carbonyl (C=O) groups excluding carboxylic acids is 1. The predicted molar refractivity (Wildman–Crippen MR) is 79.5 cm³/mol. The molecule has 0 aliphatic carbocycles. The number of hydrogen-bond donors (Lipinski definition) is 2. The summed E-state index contributed by atoms with van der Waals surface area (Å²) in [6.07, 6.45) is 0. The number of halogens is 1. The van der Waals surface area contributed by atoms with E-state index in [0.717, 1.165) is 0 Å². The number of hydrogen-bond acceptors (Lipinski definition) is 2. The fourth-order valence-corrected chi connectivity index (χ4v) is 1.85. The zero-order valence-corrected chi connectivity index (χ0v) is 11.5. The van der Waals surface area contributed by atoms with Gasteiger partial charge in [-0.1, -0.05) is 24.0 Å². The van der Waals surface area contributed by atoms with Crippen molar-refractivity contribution in [2.75, 3.05) is 11.9 Å². The Morgan fingerprint density at radius 3 is 2.86 bits per heavy atom. The minimum absolute atomic E-state index is 0.223. The van der Waals surface area contributed by atoms with Gasteiger partial charge in [-0.05, 0) is 42.8 Å². The molecule has 0 aromatic heterocycles. The van der Waals surface area contributed by atoms with Crippen LogP contribution in [0.3, 0.4) is 0 Å². The fraction of sp³-hybridized carbons (Fsp3) is 0.118. The topological polar surface area (TPSA) is 49.3 Å². The molecule has 0 aliphatic rings. The van der Waals surface area contributed by atoms with Gasteiger partial charge in [0, 0.05) is 16.8 Å². The third-order valence-corrected chi connectivity index (χ3v) is 2.88. The SMILES string of the molecule is Cc1ccc(F)cc1C(=O)Nc1cccc(C#CCO)c1. The molecule has 2 aromatic rings. The molecular weight excluding hydrogens is 269 g/mol. The van der Waals surface area contributed by atoms with Crippen LogP contribution in [0.5, 0.6) is 0 Å². The Kier molecular flexibility index (Phi) is 4.70. The van der Waals surface area contributed by atoms with Gasteiger partial charge >= 0.3 is 0 Å². The normalized spacial score (nSPS) is 9.67. The molecule has 1 amide bonds. The lowest BCUT2D eigenvalue weighted by molar-refractivity contribution is 0.102. The molecule has 0 atom stereocenters. The first-order valence-electron chi connectivity index (χ1n) is 6.37. The van der Waals surface area contributed by atoms with Gasteiger partial charge in [0.1, 0.15) is 12.4 Å². The van der Waals surface area contributed by atoms with Crippen LogP contribution in [-0.4, -0.2) is 17.6 Å². The van der Waals surface area contributed by atoms with E-state index in [0.29, 0.717) is 22.4 Å². The van der Waals surface area contributed by atoms with E-state index in [2.05, 4.69) is 17.2 Å². The van der Waals surface area contributed by atoms with E-state index in [4.69, 9.17) is 5.11 Å². The second-order valence-corrected chi connectivity index (χ2v) is 4.45. The molecule has 4 heteroatoms. The van der Waals surface area contributed by atoms with Crippen LogP contribution >= 0.6 is 0 Å². The number of carbonyl (C=O) groups is 1. The van der Waals surface area contributed by atoms with E-state index in [9.17, 15) is 9.18 Å². The molecule has 0 unspecified atom stereocenters. The number of amides is 1. The quantitative estimate of drug-likeness (QED) is 0.833. The lowest BCUT2D eigenvalue weighted by atomic mass is 10.1. The summed E-state index contributed by atoms with van der Waals surface area (Å²) in [5.41, 5.74) is 2.23. The van der Waals surface area contributed by atoms with Gasteiger partial charge in [0.15, 0.2) is 0 Å². The summed E-state index contributed by atoms with van der Waals surface area (Å²) >= 11 is 0. The number of aliphatic hydroxyl groups is 1. The van der Waals surface area contributed by atoms with Crippen molar-refractivity contribution in [3.05, 3.63) is 65.0 Å². The molecule has 2 aromatic carbocycles. The molecule has 0 bridgehead atoms. The number of aliphatic hydroxyl groups excluding tert-OH is 1. The highest BCUT2D eigenvalue weighted by Gasteiger charge is 2.10. The van der Waals surface area contributed by atoms with Gasteiger partial charge in [0.2, 0.25) is 0 Å². The molecule has 0 saturated carbocycles. The van der Waals surface area contributed by atoms with Crippen molar-refractivity contribution in [3.8, 4) is 11.8 Å². The summed E-state index contributed by atoms with van der Waals surface area (Å²) in [6, 6.07) is 11.0. The minimum atomic E-state index is -0.451. The van der Waals surface area contributed by atoms with Crippen LogP contribution in [0.1, 0.15) is 21.5 Å². The van der Waals surface area contributed by atoms with Crippen LogP contribution in [0.15, 0.2) is 42.5 Å². The van der Waals surface area contributed by atoms with E-state index in [1.165, 1.54) is 12.1 Å². The predicted octanol–water partition coefficient (Wildman–Crippen LogP) is 2.73. The largest absolute Gasteiger partial charge is 0.384 e. The number of anilines is 1.